The maximum absolute atomic E-state index is 9.25. The van der Waals surface area contributed by atoms with E-state index >= 15 is 0 Å². The second kappa shape index (κ2) is 4.15. The molecule has 1 fully saturated rings. The highest BCUT2D eigenvalue weighted by atomic mass is 35.5. The third kappa shape index (κ3) is 1.79. The van der Waals surface area contributed by atoms with E-state index < -0.39 is 0 Å². The highest BCUT2D eigenvalue weighted by molar-refractivity contribution is 6.33. The number of nitrogens with zero attached hydrogens (tertiary/aromatic N) is 1. The van der Waals surface area contributed by atoms with Crippen molar-refractivity contribution < 1.29 is 0 Å². The van der Waals surface area contributed by atoms with E-state index in [2.05, 4.69) is 12.1 Å². The van der Waals surface area contributed by atoms with Gasteiger partial charge in [-0.2, -0.15) is 5.26 Å². The molecule has 0 unspecified atom stereocenters. The van der Waals surface area contributed by atoms with Crippen LogP contribution in [0.4, 0.5) is 0 Å². The number of nitriles is 1. The summed E-state index contributed by atoms with van der Waals surface area (Å²) in [6.07, 6.45) is 1.94. The second-order valence-corrected chi connectivity index (χ2v) is 5.16. The number of rotatable bonds is 2. The molecule has 0 aromatic heterocycles. The predicted molar refractivity (Wildman–Crippen MR) is 73.4 cm³/mol. The lowest BCUT2D eigenvalue weighted by Gasteiger charge is -2.10. The van der Waals surface area contributed by atoms with Gasteiger partial charge in [-0.1, -0.05) is 48.0 Å². The van der Waals surface area contributed by atoms with Crippen LogP contribution in [0.25, 0.3) is 11.1 Å². The number of halogens is 1. The minimum absolute atomic E-state index is 0.239. The lowest BCUT2D eigenvalue weighted by atomic mass is 9.94. The van der Waals surface area contributed by atoms with E-state index in [1.54, 1.807) is 0 Å². The Kier molecular flexibility index (Phi) is 2.61. The van der Waals surface area contributed by atoms with E-state index in [9.17, 15) is 5.26 Å². The van der Waals surface area contributed by atoms with Gasteiger partial charge in [0, 0.05) is 10.6 Å². The second-order valence-electron chi connectivity index (χ2n) is 4.75. The topological polar surface area (TPSA) is 23.8 Å². The zero-order valence-corrected chi connectivity index (χ0v) is 10.6. The molecular formula is C16H12ClN. The Morgan fingerprint density at radius 1 is 1.06 bits per heavy atom. The predicted octanol–water partition coefficient (Wildman–Crippen LogP) is 4.56. The van der Waals surface area contributed by atoms with Gasteiger partial charge in [0.15, 0.2) is 0 Å². The monoisotopic (exact) mass is 253 g/mol. The zero-order valence-electron chi connectivity index (χ0n) is 9.86. The van der Waals surface area contributed by atoms with Crippen LogP contribution in [-0.2, 0) is 5.41 Å². The molecule has 0 aliphatic heterocycles. The van der Waals surface area contributed by atoms with Crippen LogP contribution >= 0.6 is 11.6 Å². The maximum Gasteiger partial charge on any atom is 0.0824 e. The Morgan fingerprint density at radius 2 is 1.83 bits per heavy atom. The molecule has 0 spiro atoms. The molecular weight excluding hydrogens is 242 g/mol. The fourth-order valence-electron chi connectivity index (χ4n) is 2.27. The maximum atomic E-state index is 9.25. The first-order valence-electron chi connectivity index (χ1n) is 6.02. The highest BCUT2D eigenvalue weighted by Gasteiger charge is 2.44. The van der Waals surface area contributed by atoms with Crippen LogP contribution < -0.4 is 0 Å². The highest BCUT2D eigenvalue weighted by Crippen LogP contribution is 2.48. The minimum atomic E-state index is -0.239. The van der Waals surface area contributed by atoms with E-state index in [1.807, 2.05) is 42.5 Å². The summed E-state index contributed by atoms with van der Waals surface area (Å²) < 4.78 is 0. The summed E-state index contributed by atoms with van der Waals surface area (Å²) in [4.78, 5) is 0. The van der Waals surface area contributed by atoms with E-state index in [1.165, 1.54) is 0 Å². The van der Waals surface area contributed by atoms with Crippen LogP contribution in [0.2, 0.25) is 5.02 Å². The van der Waals surface area contributed by atoms with Crippen LogP contribution in [-0.4, -0.2) is 0 Å². The molecule has 88 valence electrons. The Labute approximate surface area is 112 Å². The molecule has 2 heteroatoms. The van der Waals surface area contributed by atoms with Gasteiger partial charge in [-0.25, -0.2) is 0 Å². The van der Waals surface area contributed by atoms with Gasteiger partial charge < -0.3 is 0 Å². The Hall–Kier alpha value is -1.78. The molecule has 0 saturated heterocycles. The SMILES string of the molecule is N#CC1(c2cccc(-c3ccccc3Cl)c2)CC1. The normalized spacial score (nSPS) is 16.0. The van der Waals surface area contributed by atoms with Crippen molar-refractivity contribution in [2.24, 2.45) is 0 Å². The van der Waals surface area contributed by atoms with Crippen molar-refractivity contribution in [1.29, 1.82) is 5.26 Å². The lowest BCUT2D eigenvalue weighted by Crippen LogP contribution is -2.02. The fraction of sp³-hybridized carbons (Fsp3) is 0.188. The van der Waals surface area contributed by atoms with Crippen molar-refractivity contribution in [3.8, 4) is 17.2 Å². The number of hydrogen-bond donors (Lipinski definition) is 0. The van der Waals surface area contributed by atoms with Gasteiger partial charge in [-0.05, 0) is 36.1 Å². The molecule has 0 heterocycles. The summed E-state index contributed by atoms with van der Waals surface area (Å²) in [5, 5.41) is 10.00. The summed E-state index contributed by atoms with van der Waals surface area (Å²) >= 11 is 6.21. The largest absolute Gasteiger partial charge is 0.197 e. The van der Waals surface area contributed by atoms with Crippen molar-refractivity contribution in [1.82, 2.24) is 0 Å². The summed E-state index contributed by atoms with van der Waals surface area (Å²) in [6, 6.07) is 18.4. The minimum Gasteiger partial charge on any atom is -0.197 e. The molecule has 1 saturated carbocycles. The summed E-state index contributed by atoms with van der Waals surface area (Å²) in [6.45, 7) is 0. The molecule has 1 aliphatic carbocycles. The van der Waals surface area contributed by atoms with Crippen molar-refractivity contribution in [3.05, 3.63) is 59.1 Å². The first-order chi connectivity index (χ1) is 8.75. The molecule has 0 amide bonds. The zero-order chi connectivity index (χ0) is 12.6. The van der Waals surface area contributed by atoms with Crippen LogP contribution in [0.15, 0.2) is 48.5 Å². The third-order valence-electron chi connectivity index (χ3n) is 3.56. The van der Waals surface area contributed by atoms with Crippen molar-refractivity contribution in [3.63, 3.8) is 0 Å². The van der Waals surface area contributed by atoms with Gasteiger partial charge in [0.2, 0.25) is 0 Å². The summed E-state index contributed by atoms with van der Waals surface area (Å²) in [7, 11) is 0. The van der Waals surface area contributed by atoms with Gasteiger partial charge in [-0.3, -0.25) is 0 Å². The summed E-state index contributed by atoms with van der Waals surface area (Å²) in [5.41, 5.74) is 2.98. The fourth-order valence-corrected chi connectivity index (χ4v) is 2.51. The van der Waals surface area contributed by atoms with E-state index in [0.29, 0.717) is 0 Å². The molecule has 18 heavy (non-hydrogen) atoms. The van der Waals surface area contributed by atoms with Crippen LogP contribution in [0, 0.1) is 11.3 Å². The molecule has 0 atom stereocenters. The van der Waals surface area contributed by atoms with Crippen molar-refractivity contribution >= 4 is 11.6 Å². The van der Waals surface area contributed by atoms with E-state index in [-0.39, 0.29) is 5.41 Å². The van der Waals surface area contributed by atoms with Gasteiger partial charge in [0.1, 0.15) is 0 Å². The molecule has 2 aromatic carbocycles. The molecule has 0 N–H and O–H groups in total. The molecule has 3 rings (SSSR count). The van der Waals surface area contributed by atoms with Crippen LogP contribution in [0.5, 0.6) is 0 Å². The summed E-state index contributed by atoms with van der Waals surface area (Å²) in [5.74, 6) is 0. The third-order valence-corrected chi connectivity index (χ3v) is 3.89. The Balaban J connectivity index is 2.08. The average molecular weight is 254 g/mol. The number of hydrogen-bond acceptors (Lipinski definition) is 1. The molecule has 0 radical (unpaired) electrons. The van der Waals surface area contributed by atoms with Gasteiger partial charge >= 0.3 is 0 Å². The average Bonchev–Trinajstić information content (AvgIpc) is 3.20. The molecule has 1 nitrogen and oxygen atoms in total. The number of benzene rings is 2. The standard InChI is InChI=1S/C16H12ClN/c17-15-7-2-1-6-14(15)12-4-3-5-13(10-12)16(11-18)8-9-16/h1-7,10H,8-9H2. The van der Waals surface area contributed by atoms with Gasteiger partial charge in [-0.15, -0.1) is 0 Å². The van der Waals surface area contributed by atoms with Gasteiger partial charge in [0.25, 0.3) is 0 Å². The van der Waals surface area contributed by atoms with E-state index in [4.69, 9.17) is 11.6 Å². The van der Waals surface area contributed by atoms with E-state index in [0.717, 1.165) is 34.6 Å². The van der Waals surface area contributed by atoms with Gasteiger partial charge in [0.05, 0.1) is 11.5 Å². The molecule has 0 bridgehead atoms. The Bertz CT molecular complexity index is 636. The molecule has 2 aromatic rings. The van der Waals surface area contributed by atoms with Crippen molar-refractivity contribution in [2.45, 2.75) is 18.3 Å². The van der Waals surface area contributed by atoms with Crippen LogP contribution in [0.3, 0.4) is 0 Å². The van der Waals surface area contributed by atoms with Crippen LogP contribution in [0.1, 0.15) is 18.4 Å². The smallest absolute Gasteiger partial charge is 0.0824 e. The lowest BCUT2D eigenvalue weighted by molar-refractivity contribution is 0.909. The van der Waals surface area contributed by atoms with Crippen molar-refractivity contribution in [2.75, 3.05) is 0 Å². The first-order valence-corrected chi connectivity index (χ1v) is 6.40. The Morgan fingerprint density at radius 3 is 2.50 bits per heavy atom. The molecule has 1 aliphatic rings. The first kappa shape index (κ1) is 11.3. The quantitative estimate of drug-likeness (QED) is 0.770.